The summed E-state index contributed by atoms with van der Waals surface area (Å²) in [6.45, 7) is 1.74. The van der Waals surface area contributed by atoms with Crippen molar-refractivity contribution in [3.63, 3.8) is 0 Å². The fourth-order valence-electron chi connectivity index (χ4n) is 1.80. The Morgan fingerprint density at radius 2 is 1.76 bits per heavy atom. The Kier molecular flexibility index (Phi) is 5.42. The first kappa shape index (κ1) is 16.0. The van der Waals surface area contributed by atoms with E-state index in [4.69, 9.17) is 9.47 Å². The Labute approximate surface area is 140 Å². The quantitative estimate of drug-likeness (QED) is 0.656. The highest BCUT2D eigenvalue weighted by atomic mass is 79.9. The molecular formula is C16H14Br2O3. The molecule has 0 bridgehead atoms. The average molecular weight is 414 g/mol. The molecule has 0 saturated heterocycles. The van der Waals surface area contributed by atoms with E-state index >= 15 is 0 Å². The number of hydrogen-bond acceptors (Lipinski definition) is 3. The second-order valence-corrected chi connectivity index (χ2v) is 6.20. The molecule has 0 spiro atoms. The lowest BCUT2D eigenvalue weighted by Gasteiger charge is -2.15. The average Bonchev–Trinajstić information content (AvgIpc) is 2.49. The lowest BCUT2D eigenvalue weighted by atomic mass is 10.1. The van der Waals surface area contributed by atoms with E-state index in [9.17, 15) is 4.79 Å². The van der Waals surface area contributed by atoms with E-state index in [-0.39, 0.29) is 5.78 Å². The van der Waals surface area contributed by atoms with Gasteiger partial charge in [-0.05, 0) is 65.3 Å². The van der Waals surface area contributed by atoms with Crippen molar-refractivity contribution in [3.05, 3.63) is 57.0 Å². The highest BCUT2D eigenvalue weighted by molar-refractivity contribution is 9.11. The van der Waals surface area contributed by atoms with Crippen LogP contribution in [-0.4, -0.2) is 19.0 Å². The van der Waals surface area contributed by atoms with Gasteiger partial charge < -0.3 is 9.47 Å². The van der Waals surface area contributed by atoms with Crippen molar-refractivity contribution in [2.75, 3.05) is 7.11 Å². The molecule has 0 aliphatic carbocycles. The number of carbonyl (C=O) groups is 1. The van der Waals surface area contributed by atoms with E-state index in [0.29, 0.717) is 11.3 Å². The second kappa shape index (κ2) is 7.09. The fourth-order valence-corrected chi connectivity index (χ4v) is 2.95. The van der Waals surface area contributed by atoms with Crippen LogP contribution >= 0.6 is 31.9 Å². The zero-order valence-electron chi connectivity index (χ0n) is 11.6. The molecule has 0 aromatic heterocycles. The maximum absolute atomic E-state index is 12.3. The Bertz CT molecular complexity index is 638. The minimum absolute atomic E-state index is 0.0764. The van der Waals surface area contributed by atoms with Crippen LogP contribution < -0.4 is 9.47 Å². The summed E-state index contributed by atoms with van der Waals surface area (Å²) in [6, 6.07) is 12.5. The number of halogens is 2. The number of benzene rings is 2. The van der Waals surface area contributed by atoms with Gasteiger partial charge in [0.1, 0.15) is 11.5 Å². The molecule has 2 rings (SSSR count). The van der Waals surface area contributed by atoms with E-state index in [1.165, 1.54) is 0 Å². The van der Waals surface area contributed by atoms with Gasteiger partial charge in [0, 0.05) is 10.0 Å². The lowest BCUT2D eigenvalue weighted by molar-refractivity contribution is 0.0817. The monoisotopic (exact) mass is 412 g/mol. The number of ether oxygens (including phenoxy) is 2. The van der Waals surface area contributed by atoms with Gasteiger partial charge in [-0.1, -0.05) is 15.9 Å². The summed E-state index contributed by atoms with van der Waals surface area (Å²) in [5.41, 5.74) is 0.594. The van der Waals surface area contributed by atoms with Crippen LogP contribution in [0.2, 0.25) is 0 Å². The third-order valence-electron chi connectivity index (χ3n) is 2.94. The zero-order chi connectivity index (χ0) is 15.4. The van der Waals surface area contributed by atoms with Crippen molar-refractivity contribution in [1.82, 2.24) is 0 Å². The predicted octanol–water partition coefficient (Wildman–Crippen LogP) is 4.87. The molecule has 2 aromatic carbocycles. The number of methoxy groups -OCH3 is 1. The van der Waals surface area contributed by atoms with Crippen molar-refractivity contribution in [2.45, 2.75) is 13.0 Å². The number of hydrogen-bond donors (Lipinski definition) is 0. The minimum atomic E-state index is -0.573. The molecule has 0 heterocycles. The molecule has 5 heteroatoms. The number of rotatable bonds is 5. The summed E-state index contributed by atoms with van der Waals surface area (Å²) in [6.07, 6.45) is -0.573. The first-order chi connectivity index (χ1) is 10.0. The molecule has 3 nitrogen and oxygen atoms in total. The molecule has 110 valence electrons. The molecule has 0 saturated carbocycles. The standard InChI is InChI=1S/C16H14Br2O3/c1-10(21-15-8-5-12(17)9-14(15)18)16(19)11-3-6-13(20-2)7-4-11/h3-10H,1-2H3/t10-/m1/s1. The van der Waals surface area contributed by atoms with E-state index in [2.05, 4.69) is 31.9 Å². The van der Waals surface area contributed by atoms with Crippen molar-refractivity contribution in [2.24, 2.45) is 0 Å². The lowest BCUT2D eigenvalue weighted by Crippen LogP contribution is -2.24. The highest BCUT2D eigenvalue weighted by Gasteiger charge is 2.18. The largest absolute Gasteiger partial charge is 0.497 e. The second-order valence-electron chi connectivity index (χ2n) is 4.43. The van der Waals surface area contributed by atoms with E-state index in [1.54, 1.807) is 38.3 Å². The summed E-state index contributed by atoms with van der Waals surface area (Å²) in [7, 11) is 1.59. The Morgan fingerprint density at radius 3 is 2.33 bits per heavy atom. The van der Waals surface area contributed by atoms with E-state index in [0.717, 1.165) is 14.7 Å². The molecule has 0 unspecified atom stereocenters. The summed E-state index contributed by atoms with van der Waals surface area (Å²) >= 11 is 6.79. The van der Waals surface area contributed by atoms with Gasteiger partial charge in [0.15, 0.2) is 6.10 Å². The number of ketones is 1. The van der Waals surface area contributed by atoms with Gasteiger partial charge in [-0.25, -0.2) is 0 Å². The third kappa shape index (κ3) is 4.08. The molecule has 0 aliphatic heterocycles. The first-order valence-electron chi connectivity index (χ1n) is 6.31. The van der Waals surface area contributed by atoms with Crippen LogP contribution in [0, 0.1) is 0 Å². The van der Waals surface area contributed by atoms with Gasteiger partial charge in [0.2, 0.25) is 5.78 Å². The summed E-state index contributed by atoms with van der Waals surface area (Å²) in [5, 5.41) is 0. The zero-order valence-corrected chi connectivity index (χ0v) is 14.8. The smallest absolute Gasteiger partial charge is 0.202 e. The Balaban J connectivity index is 2.11. The Hall–Kier alpha value is -1.33. The van der Waals surface area contributed by atoms with Crippen LogP contribution in [-0.2, 0) is 0 Å². The summed E-state index contributed by atoms with van der Waals surface area (Å²) in [4.78, 5) is 12.3. The van der Waals surface area contributed by atoms with Gasteiger partial charge in [-0.15, -0.1) is 0 Å². The van der Waals surface area contributed by atoms with Gasteiger partial charge in [-0.3, -0.25) is 4.79 Å². The molecule has 0 fully saturated rings. The summed E-state index contributed by atoms with van der Waals surface area (Å²) < 4.78 is 12.5. The van der Waals surface area contributed by atoms with Gasteiger partial charge in [0.25, 0.3) is 0 Å². The van der Waals surface area contributed by atoms with Crippen LogP contribution in [0.4, 0.5) is 0 Å². The van der Waals surface area contributed by atoms with Crippen molar-refractivity contribution in [1.29, 1.82) is 0 Å². The topological polar surface area (TPSA) is 35.5 Å². The number of Topliss-reactive ketones (excluding diaryl/α,β-unsaturated/α-hetero) is 1. The first-order valence-corrected chi connectivity index (χ1v) is 7.90. The number of carbonyl (C=O) groups excluding carboxylic acids is 1. The minimum Gasteiger partial charge on any atom is -0.497 e. The van der Waals surface area contributed by atoms with E-state index in [1.807, 2.05) is 18.2 Å². The normalized spacial score (nSPS) is 11.8. The highest BCUT2D eigenvalue weighted by Crippen LogP contribution is 2.29. The molecule has 0 radical (unpaired) electrons. The van der Waals surface area contributed by atoms with Crippen LogP contribution in [0.25, 0.3) is 0 Å². The van der Waals surface area contributed by atoms with Gasteiger partial charge in [-0.2, -0.15) is 0 Å². The molecular weight excluding hydrogens is 400 g/mol. The molecule has 0 N–H and O–H groups in total. The SMILES string of the molecule is COc1ccc(C(=O)[C@@H](C)Oc2ccc(Br)cc2Br)cc1. The van der Waals surface area contributed by atoms with E-state index < -0.39 is 6.10 Å². The molecule has 21 heavy (non-hydrogen) atoms. The van der Waals surface area contributed by atoms with Crippen molar-refractivity contribution >= 4 is 37.6 Å². The van der Waals surface area contributed by atoms with Crippen molar-refractivity contribution < 1.29 is 14.3 Å². The van der Waals surface area contributed by atoms with Crippen molar-refractivity contribution in [3.8, 4) is 11.5 Å². The molecule has 2 aromatic rings. The maximum atomic E-state index is 12.3. The maximum Gasteiger partial charge on any atom is 0.202 e. The third-order valence-corrected chi connectivity index (χ3v) is 4.05. The fraction of sp³-hybridized carbons (Fsp3) is 0.188. The molecule has 1 atom stereocenters. The van der Waals surface area contributed by atoms with Gasteiger partial charge in [0.05, 0.1) is 11.6 Å². The predicted molar refractivity (Wildman–Crippen MR) is 89.3 cm³/mol. The molecule has 0 aliphatic rings. The van der Waals surface area contributed by atoms with Crippen LogP contribution in [0.5, 0.6) is 11.5 Å². The Morgan fingerprint density at radius 1 is 1.10 bits per heavy atom. The van der Waals surface area contributed by atoms with Gasteiger partial charge >= 0.3 is 0 Å². The summed E-state index contributed by atoms with van der Waals surface area (Å²) in [5.74, 6) is 1.27. The van der Waals surface area contributed by atoms with Crippen LogP contribution in [0.3, 0.4) is 0 Å². The van der Waals surface area contributed by atoms with Crippen LogP contribution in [0.1, 0.15) is 17.3 Å². The molecule has 0 amide bonds. The van der Waals surface area contributed by atoms with Crippen LogP contribution in [0.15, 0.2) is 51.4 Å².